The van der Waals surface area contributed by atoms with E-state index in [0.717, 1.165) is 47.4 Å². The molecule has 0 aliphatic carbocycles. The maximum atomic E-state index is 14.9. The number of carbonyl (C=O) groups is 1. The molecule has 35 heavy (non-hydrogen) atoms. The molecule has 1 N–H and O–H groups in total. The summed E-state index contributed by atoms with van der Waals surface area (Å²) in [6.45, 7) is 7.41. The van der Waals surface area contributed by atoms with Crippen LogP contribution in [0.3, 0.4) is 0 Å². The van der Waals surface area contributed by atoms with Gasteiger partial charge in [0.2, 0.25) is 5.91 Å². The summed E-state index contributed by atoms with van der Waals surface area (Å²) in [5.41, 5.74) is 4.88. The van der Waals surface area contributed by atoms with Gasteiger partial charge in [-0.05, 0) is 35.4 Å². The fourth-order valence-corrected chi connectivity index (χ4v) is 4.41. The molecule has 0 saturated carbocycles. The molecule has 3 heterocycles. The van der Waals surface area contributed by atoms with E-state index >= 15 is 0 Å². The normalized spacial score (nSPS) is 14.7. The minimum absolute atomic E-state index is 0.0126. The van der Waals surface area contributed by atoms with Gasteiger partial charge in [-0.15, -0.1) is 0 Å². The lowest BCUT2D eigenvalue weighted by Gasteiger charge is -2.34. The number of hydrogen-bond donors (Lipinski definition) is 1. The Balaban J connectivity index is 1.32. The van der Waals surface area contributed by atoms with Crippen LogP contribution < -0.4 is 0 Å². The molecule has 0 bridgehead atoms. The van der Waals surface area contributed by atoms with Gasteiger partial charge in [0.05, 0.1) is 17.4 Å². The maximum absolute atomic E-state index is 14.9. The molecular weight excluding hydrogens is 443 g/mol. The van der Waals surface area contributed by atoms with Gasteiger partial charge in [0.25, 0.3) is 0 Å². The summed E-state index contributed by atoms with van der Waals surface area (Å²) in [6, 6.07) is 11.3. The predicted molar refractivity (Wildman–Crippen MR) is 136 cm³/mol. The van der Waals surface area contributed by atoms with E-state index in [4.69, 9.17) is 0 Å². The van der Waals surface area contributed by atoms with E-state index in [1.807, 2.05) is 60.6 Å². The number of aromatic nitrogens is 4. The van der Waals surface area contributed by atoms with E-state index in [0.29, 0.717) is 24.2 Å². The third kappa shape index (κ3) is 4.93. The van der Waals surface area contributed by atoms with Gasteiger partial charge in [-0.25, -0.2) is 4.39 Å². The molecule has 0 spiro atoms. The Morgan fingerprint density at radius 1 is 1.14 bits per heavy atom. The second-order valence-electron chi connectivity index (χ2n) is 8.77. The Morgan fingerprint density at radius 3 is 2.60 bits per heavy atom. The van der Waals surface area contributed by atoms with Crippen LogP contribution in [0.15, 0.2) is 61.4 Å². The molecule has 0 radical (unpaired) electrons. The summed E-state index contributed by atoms with van der Waals surface area (Å²) < 4.78 is 16.7. The number of aryl methyl sites for hydroxylation is 1. The molecule has 1 aliphatic rings. The van der Waals surface area contributed by atoms with Crippen molar-refractivity contribution in [1.82, 2.24) is 29.8 Å². The van der Waals surface area contributed by atoms with Gasteiger partial charge in [0, 0.05) is 68.5 Å². The average molecular weight is 471 g/mol. The number of H-pyrrole nitrogens is 1. The van der Waals surface area contributed by atoms with Crippen LogP contribution in [0.5, 0.6) is 0 Å². The number of benzene rings is 2. The molecule has 1 fully saturated rings. The molecule has 1 amide bonds. The molecule has 1 saturated heterocycles. The summed E-state index contributed by atoms with van der Waals surface area (Å²) in [4.78, 5) is 15.9. The second-order valence-corrected chi connectivity index (χ2v) is 8.77. The molecule has 1 aliphatic heterocycles. The lowest BCUT2D eigenvalue weighted by molar-refractivity contribution is -0.127. The molecule has 178 valence electrons. The van der Waals surface area contributed by atoms with E-state index in [2.05, 4.69) is 26.8 Å². The number of rotatable bonds is 6. The van der Waals surface area contributed by atoms with E-state index in [1.165, 1.54) is 12.1 Å². The average Bonchev–Trinajstić information content (AvgIpc) is 3.47. The fourth-order valence-electron chi connectivity index (χ4n) is 4.41. The highest BCUT2D eigenvalue weighted by molar-refractivity contribution is 5.92. The third-order valence-electron chi connectivity index (χ3n) is 6.37. The molecule has 0 unspecified atom stereocenters. The first-order chi connectivity index (χ1) is 17.0. The van der Waals surface area contributed by atoms with Gasteiger partial charge in [0.15, 0.2) is 0 Å². The number of aromatic amines is 1. The zero-order valence-electron chi connectivity index (χ0n) is 19.6. The Bertz CT molecular complexity index is 1390. The van der Waals surface area contributed by atoms with Crippen molar-refractivity contribution >= 4 is 29.0 Å². The van der Waals surface area contributed by atoms with Gasteiger partial charge < -0.3 is 4.90 Å². The number of piperazine rings is 1. The molecule has 4 aromatic rings. The highest BCUT2D eigenvalue weighted by Crippen LogP contribution is 2.29. The van der Waals surface area contributed by atoms with Crippen molar-refractivity contribution in [3.05, 3.63) is 84.1 Å². The highest BCUT2D eigenvalue weighted by atomic mass is 19.1. The Morgan fingerprint density at radius 2 is 1.91 bits per heavy atom. The summed E-state index contributed by atoms with van der Waals surface area (Å²) in [6.07, 6.45) is 8.91. The SMILES string of the molecule is C=CC(=O)N1CCN(Cc2ccc(-c3cc4c(/C=C/c5cnn(C)c5)n[nH]c4cc3F)cc2)CC1. The second kappa shape index (κ2) is 9.68. The van der Waals surface area contributed by atoms with Gasteiger partial charge in [-0.2, -0.15) is 10.2 Å². The number of halogens is 1. The van der Waals surface area contributed by atoms with Crippen molar-refractivity contribution in [3.8, 4) is 11.1 Å². The van der Waals surface area contributed by atoms with Crippen LogP contribution >= 0.6 is 0 Å². The Kier molecular flexibility index (Phi) is 6.29. The van der Waals surface area contributed by atoms with Gasteiger partial charge >= 0.3 is 0 Å². The van der Waals surface area contributed by atoms with E-state index in [-0.39, 0.29) is 11.7 Å². The summed E-state index contributed by atoms with van der Waals surface area (Å²) >= 11 is 0. The topological polar surface area (TPSA) is 70.1 Å². The van der Waals surface area contributed by atoms with Gasteiger partial charge in [-0.1, -0.05) is 30.8 Å². The van der Waals surface area contributed by atoms with Crippen molar-refractivity contribution in [2.45, 2.75) is 6.54 Å². The number of fused-ring (bicyclic) bond motifs is 1. The largest absolute Gasteiger partial charge is 0.337 e. The van der Waals surface area contributed by atoms with Crippen molar-refractivity contribution in [3.63, 3.8) is 0 Å². The number of carbonyl (C=O) groups excluding carboxylic acids is 1. The van der Waals surface area contributed by atoms with Crippen LogP contribution in [0.2, 0.25) is 0 Å². The predicted octanol–water partition coefficient (Wildman–Crippen LogP) is 4.10. The number of hydrogen-bond acceptors (Lipinski definition) is 4. The fraction of sp³-hybridized carbons (Fsp3) is 0.222. The zero-order valence-corrected chi connectivity index (χ0v) is 19.6. The third-order valence-corrected chi connectivity index (χ3v) is 6.37. The lowest BCUT2D eigenvalue weighted by Crippen LogP contribution is -2.47. The molecule has 2 aromatic heterocycles. The first-order valence-electron chi connectivity index (χ1n) is 11.6. The van der Waals surface area contributed by atoms with E-state index in [1.54, 1.807) is 10.9 Å². The van der Waals surface area contributed by atoms with E-state index < -0.39 is 0 Å². The van der Waals surface area contributed by atoms with E-state index in [9.17, 15) is 9.18 Å². The number of nitrogens with one attached hydrogen (secondary N) is 1. The van der Waals surface area contributed by atoms with Crippen LogP contribution in [0.1, 0.15) is 16.8 Å². The first-order valence-corrected chi connectivity index (χ1v) is 11.6. The summed E-state index contributed by atoms with van der Waals surface area (Å²) in [5, 5.41) is 12.3. The van der Waals surface area contributed by atoms with Crippen molar-refractivity contribution in [2.75, 3.05) is 26.2 Å². The number of amides is 1. The molecule has 5 rings (SSSR count). The lowest BCUT2D eigenvalue weighted by atomic mass is 10.0. The van der Waals surface area contributed by atoms with Crippen LogP contribution in [0, 0.1) is 5.82 Å². The van der Waals surface area contributed by atoms with Gasteiger partial charge in [0.1, 0.15) is 5.82 Å². The maximum Gasteiger partial charge on any atom is 0.246 e. The molecular formula is C27H27FN6O. The quantitative estimate of drug-likeness (QED) is 0.431. The van der Waals surface area contributed by atoms with Crippen molar-refractivity contribution < 1.29 is 9.18 Å². The van der Waals surface area contributed by atoms with Crippen molar-refractivity contribution in [2.24, 2.45) is 7.05 Å². The van der Waals surface area contributed by atoms with Crippen LogP contribution in [-0.2, 0) is 18.4 Å². The van der Waals surface area contributed by atoms with Crippen LogP contribution in [-0.4, -0.2) is 61.9 Å². The molecule has 8 heteroatoms. The number of nitrogens with zero attached hydrogens (tertiary/aromatic N) is 5. The van der Waals surface area contributed by atoms with Gasteiger partial charge in [-0.3, -0.25) is 19.5 Å². The summed E-state index contributed by atoms with van der Waals surface area (Å²) in [5.74, 6) is -0.305. The molecule has 2 aromatic carbocycles. The Hall–Kier alpha value is -4.04. The molecule has 0 atom stereocenters. The smallest absolute Gasteiger partial charge is 0.246 e. The monoisotopic (exact) mass is 470 g/mol. The summed E-state index contributed by atoms with van der Waals surface area (Å²) in [7, 11) is 1.87. The minimum atomic E-state index is -0.292. The van der Waals surface area contributed by atoms with Crippen molar-refractivity contribution in [1.29, 1.82) is 0 Å². The van der Waals surface area contributed by atoms with Crippen LogP contribution in [0.25, 0.3) is 34.2 Å². The zero-order chi connectivity index (χ0) is 24.4. The highest BCUT2D eigenvalue weighted by Gasteiger charge is 2.19. The van der Waals surface area contributed by atoms with Crippen LogP contribution in [0.4, 0.5) is 4.39 Å². The molecule has 7 nitrogen and oxygen atoms in total. The standard InChI is InChI=1S/C27H27FN6O/c1-3-27(35)34-12-10-33(11-13-34)18-19-4-7-21(8-5-19)22-14-23-25(30-31-26(23)15-24(22)28)9-6-20-16-29-32(2)17-20/h3-9,14-17H,1,10-13,18H2,2H3,(H,30,31)/b9-6+. The minimum Gasteiger partial charge on any atom is -0.337 e. The Labute approximate surface area is 203 Å². The first kappa shape index (κ1) is 22.7.